The molecule has 1 atom stereocenters. The molecule has 0 saturated carbocycles. The van der Waals surface area contributed by atoms with Gasteiger partial charge in [-0.05, 0) is 30.7 Å². The Balaban J connectivity index is 1.77. The van der Waals surface area contributed by atoms with Crippen LogP contribution in [0.5, 0.6) is 0 Å². The first kappa shape index (κ1) is 15.7. The first-order chi connectivity index (χ1) is 10.9. The van der Waals surface area contributed by atoms with Crippen molar-refractivity contribution in [3.05, 3.63) is 54.1 Å². The predicted molar refractivity (Wildman–Crippen MR) is 94.2 cm³/mol. The van der Waals surface area contributed by atoms with E-state index in [2.05, 4.69) is 59.6 Å². The van der Waals surface area contributed by atoms with Gasteiger partial charge >= 0.3 is 0 Å². The zero-order valence-electron chi connectivity index (χ0n) is 13.8. The van der Waals surface area contributed by atoms with Gasteiger partial charge in [-0.2, -0.15) is 9.47 Å². The Bertz CT molecular complexity index is 770. The van der Waals surface area contributed by atoms with Crippen LogP contribution in [0.15, 0.2) is 42.7 Å². The van der Waals surface area contributed by atoms with E-state index < -0.39 is 0 Å². The molecule has 120 valence electrons. The quantitative estimate of drug-likeness (QED) is 0.780. The van der Waals surface area contributed by atoms with Crippen LogP contribution in [-0.2, 0) is 5.41 Å². The molecule has 3 rings (SSSR count). The maximum atomic E-state index is 4.60. The van der Waals surface area contributed by atoms with Crippen molar-refractivity contribution in [2.24, 2.45) is 0 Å². The number of nitrogens with one attached hydrogen (secondary N) is 1. The van der Waals surface area contributed by atoms with Crippen LogP contribution < -0.4 is 5.32 Å². The number of hydrogen-bond donors (Lipinski definition) is 1. The number of rotatable bonds is 4. The highest BCUT2D eigenvalue weighted by Crippen LogP contribution is 2.26. The third kappa shape index (κ3) is 3.59. The van der Waals surface area contributed by atoms with Crippen molar-refractivity contribution in [3.63, 3.8) is 0 Å². The average molecular weight is 327 g/mol. The third-order valence-corrected chi connectivity index (χ3v) is 4.22. The molecule has 0 aliphatic heterocycles. The number of benzene rings is 1. The molecule has 3 aromatic rings. The minimum atomic E-state index is -0.0281. The second-order valence-corrected chi connectivity index (χ2v) is 7.34. The summed E-state index contributed by atoms with van der Waals surface area (Å²) in [5.74, 6) is 0.877. The molecule has 0 aliphatic carbocycles. The lowest BCUT2D eigenvalue weighted by Gasteiger charge is -2.15. The van der Waals surface area contributed by atoms with Crippen molar-refractivity contribution in [1.29, 1.82) is 0 Å². The van der Waals surface area contributed by atoms with Crippen molar-refractivity contribution in [1.82, 2.24) is 19.1 Å². The molecular formula is C17H21N5S. The van der Waals surface area contributed by atoms with Gasteiger partial charge in [-0.15, -0.1) is 0 Å². The molecule has 1 unspecified atom stereocenters. The largest absolute Gasteiger partial charge is 0.354 e. The molecule has 1 aromatic carbocycles. The van der Waals surface area contributed by atoms with Crippen molar-refractivity contribution in [2.75, 3.05) is 5.32 Å². The topological polar surface area (TPSA) is 55.6 Å². The van der Waals surface area contributed by atoms with Gasteiger partial charge in [-0.3, -0.25) is 0 Å². The van der Waals surface area contributed by atoms with E-state index in [4.69, 9.17) is 0 Å². The van der Waals surface area contributed by atoms with Gasteiger partial charge in [0, 0.05) is 29.3 Å². The van der Waals surface area contributed by atoms with Crippen molar-refractivity contribution < 1.29 is 0 Å². The number of anilines is 1. The van der Waals surface area contributed by atoms with Gasteiger partial charge in [0.05, 0.1) is 11.7 Å². The Morgan fingerprint density at radius 2 is 2.04 bits per heavy atom. The molecule has 0 bridgehead atoms. The van der Waals surface area contributed by atoms with Crippen LogP contribution >= 0.6 is 11.5 Å². The normalized spacial score (nSPS) is 13.0. The van der Waals surface area contributed by atoms with E-state index >= 15 is 0 Å². The molecule has 6 heteroatoms. The van der Waals surface area contributed by atoms with Gasteiger partial charge in [0.2, 0.25) is 5.13 Å². The summed E-state index contributed by atoms with van der Waals surface area (Å²) in [6.07, 6.45) is 3.72. The van der Waals surface area contributed by atoms with E-state index in [0.717, 1.165) is 16.6 Å². The van der Waals surface area contributed by atoms with E-state index in [1.807, 2.05) is 29.1 Å². The van der Waals surface area contributed by atoms with Crippen molar-refractivity contribution >= 4 is 16.7 Å². The van der Waals surface area contributed by atoms with E-state index in [0.29, 0.717) is 0 Å². The molecule has 0 fully saturated rings. The van der Waals surface area contributed by atoms with E-state index in [9.17, 15) is 0 Å². The minimum absolute atomic E-state index is 0.0281. The van der Waals surface area contributed by atoms with Crippen LogP contribution in [0, 0.1) is 0 Å². The maximum absolute atomic E-state index is 4.60. The standard InChI is InChI=1S/C17H21N5S/c1-12(19-16-20-15(21-23-16)17(2,3)4)13-7-5-8-14(11-13)22-10-6-9-18-22/h5-12H,1-4H3,(H,19,20,21). The van der Waals surface area contributed by atoms with E-state index in [1.54, 1.807) is 6.20 Å². The summed E-state index contributed by atoms with van der Waals surface area (Å²) in [6.45, 7) is 8.49. The third-order valence-electron chi connectivity index (χ3n) is 3.58. The summed E-state index contributed by atoms with van der Waals surface area (Å²) in [6, 6.07) is 10.4. The lowest BCUT2D eigenvalue weighted by molar-refractivity contribution is 0.555. The number of hydrogen-bond acceptors (Lipinski definition) is 5. The highest BCUT2D eigenvalue weighted by molar-refractivity contribution is 7.09. The van der Waals surface area contributed by atoms with Crippen LogP contribution in [-0.4, -0.2) is 19.1 Å². The SMILES string of the molecule is CC(Nc1nc(C(C)(C)C)ns1)c1cccc(-n2cccn2)c1. The minimum Gasteiger partial charge on any atom is -0.354 e. The summed E-state index contributed by atoms with van der Waals surface area (Å²) in [5.41, 5.74) is 2.21. The second-order valence-electron chi connectivity index (χ2n) is 6.58. The molecule has 1 N–H and O–H groups in total. The lowest BCUT2D eigenvalue weighted by atomic mass is 9.96. The zero-order chi connectivity index (χ0) is 16.4. The Morgan fingerprint density at radius 1 is 1.22 bits per heavy atom. The first-order valence-electron chi connectivity index (χ1n) is 7.64. The maximum Gasteiger partial charge on any atom is 0.203 e. The molecule has 2 heterocycles. The molecule has 0 amide bonds. The summed E-state index contributed by atoms with van der Waals surface area (Å²) in [5, 5.41) is 8.57. The lowest BCUT2D eigenvalue weighted by Crippen LogP contribution is -2.13. The fourth-order valence-corrected chi connectivity index (χ4v) is 3.06. The van der Waals surface area contributed by atoms with Gasteiger partial charge in [0.25, 0.3) is 0 Å². The molecule has 0 spiro atoms. The van der Waals surface area contributed by atoms with Crippen LogP contribution in [0.2, 0.25) is 0 Å². The van der Waals surface area contributed by atoms with E-state index in [1.165, 1.54) is 17.1 Å². The average Bonchev–Trinajstić information content (AvgIpc) is 3.18. The number of nitrogens with zero attached hydrogens (tertiary/aromatic N) is 4. The van der Waals surface area contributed by atoms with Gasteiger partial charge < -0.3 is 5.32 Å². The van der Waals surface area contributed by atoms with Gasteiger partial charge in [-0.1, -0.05) is 32.9 Å². The Labute approximate surface area is 140 Å². The predicted octanol–water partition coefficient (Wildman–Crippen LogP) is 4.19. The summed E-state index contributed by atoms with van der Waals surface area (Å²) in [4.78, 5) is 4.60. The Kier molecular flexibility index (Phi) is 4.17. The molecule has 0 radical (unpaired) electrons. The summed E-state index contributed by atoms with van der Waals surface area (Å²) >= 11 is 1.41. The molecule has 0 saturated heterocycles. The Hall–Kier alpha value is -2.21. The molecule has 2 aromatic heterocycles. The van der Waals surface area contributed by atoms with Crippen LogP contribution in [0.3, 0.4) is 0 Å². The molecular weight excluding hydrogens is 306 g/mol. The summed E-state index contributed by atoms with van der Waals surface area (Å²) < 4.78 is 6.31. The van der Waals surface area contributed by atoms with Crippen molar-refractivity contribution in [2.45, 2.75) is 39.2 Å². The smallest absolute Gasteiger partial charge is 0.203 e. The van der Waals surface area contributed by atoms with E-state index in [-0.39, 0.29) is 11.5 Å². The van der Waals surface area contributed by atoms with Gasteiger partial charge in [0.1, 0.15) is 5.82 Å². The fourth-order valence-electron chi connectivity index (χ4n) is 2.21. The van der Waals surface area contributed by atoms with Crippen LogP contribution in [0.1, 0.15) is 45.1 Å². The first-order valence-corrected chi connectivity index (χ1v) is 8.41. The van der Waals surface area contributed by atoms with Gasteiger partial charge in [-0.25, -0.2) is 9.67 Å². The van der Waals surface area contributed by atoms with Crippen molar-refractivity contribution in [3.8, 4) is 5.69 Å². The second kappa shape index (κ2) is 6.12. The molecule has 5 nitrogen and oxygen atoms in total. The summed E-state index contributed by atoms with van der Waals surface area (Å²) in [7, 11) is 0. The Morgan fingerprint density at radius 3 is 2.70 bits per heavy atom. The van der Waals surface area contributed by atoms with Crippen LogP contribution in [0.25, 0.3) is 5.69 Å². The highest BCUT2D eigenvalue weighted by atomic mass is 32.1. The highest BCUT2D eigenvalue weighted by Gasteiger charge is 2.20. The number of aromatic nitrogens is 4. The zero-order valence-corrected chi connectivity index (χ0v) is 14.6. The molecule has 0 aliphatic rings. The fraction of sp³-hybridized carbons (Fsp3) is 0.353. The van der Waals surface area contributed by atoms with Gasteiger partial charge in [0.15, 0.2) is 0 Å². The monoisotopic (exact) mass is 327 g/mol. The molecule has 23 heavy (non-hydrogen) atoms. The van der Waals surface area contributed by atoms with Crippen LogP contribution in [0.4, 0.5) is 5.13 Å².